The van der Waals surface area contributed by atoms with Crippen LogP contribution in [-0.2, 0) is 11.2 Å². The maximum Gasteiger partial charge on any atom is 0.233 e. The Hall–Kier alpha value is -1.47. The van der Waals surface area contributed by atoms with E-state index in [1.165, 1.54) is 35.2 Å². The van der Waals surface area contributed by atoms with Crippen molar-refractivity contribution >= 4 is 29.0 Å². The number of halogens is 1. The zero-order valence-electron chi connectivity index (χ0n) is 11.8. The quantitative estimate of drug-likeness (QED) is 0.830. The van der Waals surface area contributed by atoms with Gasteiger partial charge in [-0.3, -0.25) is 4.79 Å². The molecule has 1 aromatic carbocycles. The molecule has 1 heterocycles. The molecule has 2 aromatic rings. The number of hydrogen-bond donors (Lipinski definition) is 1. The second kappa shape index (κ2) is 7.51. The van der Waals surface area contributed by atoms with Gasteiger partial charge >= 0.3 is 0 Å². The highest BCUT2D eigenvalue weighted by Crippen LogP contribution is 2.26. The molecule has 0 aliphatic rings. The molecule has 4 nitrogen and oxygen atoms in total. The Balaban J connectivity index is 1.74. The zero-order chi connectivity index (χ0) is 15.2. The highest BCUT2D eigenvalue weighted by Gasteiger charge is 2.16. The Morgan fingerprint density at radius 1 is 1.38 bits per heavy atom. The van der Waals surface area contributed by atoms with E-state index < -0.39 is 0 Å². The first kappa shape index (κ1) is 15.9. The average molecular weight is 325 g/mol. The highest BCUT2D eigenvalue weighted by molar-refractivity contribution is 8.02. The lowest BCUT2D eigenvalue weighted by molar-refractivity contribution is -0.120. The lowest BCUT2D eigenvalue weighted by atomic mass is 10.1. The van der Waals surface area contributed by atoms with Gasteiger partial charge in [-0.2, -0.15) is 0 Å². The summed E-state index contributed by atoms with van der Waals surface area (Å²) in [5.74, 6) is -0.282. The first-order valence-electron chi connectivity index (χ1n) is 6.53. The fourth-order valence-electron chi connectivity index (χ4n) is 1.66. The van der Waals surface area contributed by atoms with Crippen LogP contribution in [0.2, 0.25) is 0 Å². The van der Waals surface area contributed by atoms with Crippen molar-refractivity contribution in [3.63, 3.8) is 0 Å². The Morgan fingerprint density at radius 2 is 2.10 bits per heavy atom. The normalized spacial score (nSPS) is 12.1. The molecule has 0 aliphatic heterocycles. The van der Waals surface area contributed by atoms with Crippen LogP contribution in [0.5, 0.6) is 0 Å². The van der Waals surface area contributed by atoms with Gasteiger partial charge in [0.1, 0.15) is 10.8 Å². The summed E-state index contributed by atoms with van der Waals surface area (Å²) in [5, 5.41) is 11.5. The van der Waals surface area contributed by atoms with E-state index in [0.717, 1.165) is 14.9 Å². The van der Waals surface area contributed by atoms with Crippen LogP contribution in [0.3, 0.4) is 0 Å². The van der Waals surface area contributed by atoms with Crippen LogP contribution in [0.4, 0.5) is 4.39 Å². The summed E-state index contributed by atoms with van der Waals surface area (Å²) < 4.78 is 13.6. The molecular weight excluding hydrogens is 309 g/mol. The molecule has 0 radical (unpaired) electrons. The van der Waals surface area contributed by atoms with Gasteiger partial charge in [0.15, 0.2) is 4.34 Å². The molecule has 0 saturated heterocycles. The molecule has 21 heavy (non-hydrogen) atoms. The largest absolute Gasteiger partial charge is 0.355 e. The third-order valence-corrected chi connectivity index (χ3v) is 4.80. The molecule has 1 aromatic heterocycles. The Kier molecular flexibility index (Phi) is 5.69. The summed E-state index contributed by atoms with van der Waals surface area (Å²) in [6, 6.07) is 6.30. The van der Waals surface area contributed by atoms with E-state index in [0.29, 0.717) is 13.0 Å². The molecule has 1 N–H and O–H groups in total. The number of carbonyl (C=O) groups excluding carboxylic acids is 1. The minimum Gasteiger partial charge on any atom is -0.355 e. The van der Waals surface area contributed by atoms with Gasteiger partial charge in [0.05, 0.1) is 5.25 Å². The second-order valence-corrected chi connectivity index (χ2v) is 7.28. The second-order valence-electron chi connectivity index (χ2n) is 4.51. The summed E-state index contributed by atoms with van der Waals surface area (Å²) in [4.78, 5) is 12.0. The number of aromatic nitrogens is 2. The van der Waals surface area contributed by atoms with Crippen molar-refractivity contribution in [1.82, 2.24) is 15.5 Å². The molecular formula is C14H16FN3OS2. The van der Waals surface area contributed by atoms with Crippen molar-refractivity contribution in [1.29, 1.82) is 0 Å². The number of hydrogen-bond acceptors (Lipinski definition) is 5. The lowest BCUT2D eigenvalue weighted by Crippen LogP contribution is -2.32. The van der Waals surface area contributed by atoms with Crippen LogP contribution in [0.1, 0.15) is 17.5 Å². The first-order chi connectivity index (χ1) is 10.0. The van der Waals surface area contributed by atoms with Crippen molar-refractivity contribution in [2.45, 2.75) is 29.9 Å². The first-order valence-corrected chi connectivity index (χ1v) is 8.23. The Labute approximate surface area is 131 Å². The molecule has 0 fully saturated rings. The van der Waals surface area contributed by atoms with Gasteiger partial charge in [-0.05, 0) is 38.0 Å². The topological polar surface area (TPSA) is 54.9 Å². The average Bonchev–Trinajstić information content (AvgIpc) is 2.86. The number of rotatable bonds is 6. The minimum atomic E-state index is -0.250. The van der Waals surface area contributed by atoms with Crippen LogP contribution < -0.4 is 5.32 Å². The van der Waals surface area contributed by atoms with Gasteiger partial charge in [0.2, 0.25) is 5.91 Å². The summed E-state index contributed by atoms with van der Waals surface area (Å²) in [6.45, 7) is 4.26. The van der Waals surface area contributed by atoms with E-state index in [1.807, 2.05) is 13.8 Å². The third-order valence-electron chi connectivity index (χ3n) is 2.78. The van der Waals surface area contributed by atoms with Crippen molar-refractivity contribution in [2.24, 2.45) is 0 Å². The number of benzene rings is 1. The minimum absolute atomic E-state index is 0.0324. The van der Waals surface area contributed by atoms with Crippen molar-refractivity contribution < 1.29 is 9.18 Å². The van der Waals surface area contributed by atoms with Crippen LogP contribution in [-0.4, -0.2) is 27.9 Å². The highest BCUT2D eigenvalue weighted by atomic mass is 32.2. The fraction of sp³-hybridized carbons (Fsp3) is 0.357. The molecule has 112 valence electrons. The van der Waals surface area contributed by atoms with Crippen molar-refractivity contribution in [3.8, 4) is 0 Å². The van der Waals surface area contributed by atoms with Gasteiger partial charge in [0, 0.05) is 6.54 Å². The van der Waals surface area contributed by atoms with E-state index in [-0.39, 0.29) is 17.0 Å². The summed E-state index contributed by atoms with van der Waals surface area (Å²) in [6.07, 6.45) is 0.682. The molecule has 0 bridgehead atoms. The summed E-state index contributed by atoms with van der Waals surface area (Å²) in [7, 11) is 0. The van der Waals surface area contributed by atoms with Crippen molar-refractivity contribution in [3.05, 3.63) is 40.7 Å². The van der Waals surface area contributed by atoms with E-state index in [1.54, 1.807) is 12.1 Å². The summed E-state index contributed by atoms with van der Waals surface area (Å²) >= 11 is 2.88. The number of aryl methyl sites for hydroxylation is 1. The molecule has 0 saturated carbocycles. The van der Waals surface area contributed by atoms with E-state index in [4.69, 9.17) is 0 Å². The smallest absolute Gasteiger partial charge is 0.233 e. The van der Waals surface area contributed by atoms with E-state index >= 15 is 0 Å². The standard InChI is InChI=1S/C14H16FN3OS2/c1-9(20-14-18-17-10(2)21-14)13(19)16-8-7-11-3-5-12(15)6-4-11/h3-6,9H,7-8H2,1-2H3,(H,16,19). The van der Waals surface area contributed by atoms with E-state index in [9.17, 15) is 9.18 Å². The lowest BCUT2D eigenvalue weighted by Gasteiger charge is -2.10. The number of carbonyl (C=O) groups is 1. The third kappa shape index (κ3) is 5.09. The Bertz CT molecular complexity index is 601. The number of nitrogens with one attached hydrogen (secondary N) is 1. The predicted octanol–water partition coefficient (Wildman–Crippen LogP) is 2.83. The maximum atomic E-state index is 12.8. The predicted molar refractivity (Wildman–Crippen MR) is 83.1 cm³/mol. The molecule has 1 amide bonds. The zero-order valence-corrected chi connectivity index (χ0v) is 13.4. The molecule has 1 unspecified atom stereocenters. The van der Waals surface area contributed by atoms with Gasteiger partial charge in [-0.15, -0.1) is 10.2 Å². The van der Waals surface area contributed by atoms with Gasteiger partial charge in [-0.1, -0.05) is 35.2 Å². The number of nitrogens with zero attached hydrogens (tertiary/aromatic N) is 2. The molecule has 2 rings (SSSR count). The Morgan fingerprint density at radius 3 is 2.71 bits per heavy atom. The van der Waals surface area contributed by atoms with Gasteiger partial charge in [0.25, 0.3) is 0 Å². The number of amides is 1. The van der Waals surface area contributed by atoms with Crippen molar-refractivity contribution in [2.75, 3.05) is 6.54 Å². The maximum absolute atomic E-state index is 12.8. The fourth-order valence-corrected chi connectivity index (χ4v) is 3.64. The molecule has 7 heteroatoms. The van der Waals surface area contributed by atoms with Crippen LogP contribution in [0.15, 0.2) is 28.6 Å². The molecule has 0 spiro atoms. The summed E-state index contributed by atoms with van der Waals surface area (Å²) in [5.41, 5.74) is 0.997. The number of thioether (sulfide) groups is 1. The van der Waals surface area contributed by atoms with Gasteiger partial charge in [-0.25, -0.2) is 4.39 Å². The monoisotopic (exact) mass is 325 g/mol. The SMILES string of the molecule is Cc1nnc(SC(C)C(=O)NCCc2ccc(F)cc2)s1. The van der Waals surface area contributed by atoms with Crippen LogP contribution in [0, 0.1) is 12.7 Å². The van der Waals surface area contributed by atoms with E-state index in [2.05, 4.69) is 15.5 Å². The van der Waals surface area contributed by atoms with Crippen LogP contribution >= 0.6 is 23.1 Å². The molecule has 1 atom stereocenters. The molecule has 0 aliphatic carbocycles. The van der Waals surface area contributed by atoms with Gasteiger partial charge < -0.3 is 5.32 Å². The van der Waals surface area contributed by atoms with Crippen LogP contribution in [0.25, 0.3) is 0 Å².